The average Bonchev–Trinajstić information content (AvgIpc) is 3.13. The Balaban J connectivity index is 1.45. The molecule has 0 atom stereocenters. The molecule has 0 bridgehead atoms. The van der Waals surface area contributed by atoms with Crippen molar-refractivity contribution in [3.63, 3.8) is 0 Å². The molecule has 1 amide bonds. The van der Waals surface area contributed by atoms with Crippen LogP contribution in [-0.2, 0) is 16.8 Å². The van der Waals surface area contributed by atoms with Gasteiger partial charge in [0.2, 0.25) is 5.13 Å². The molecule has 3 aromatic rings. The molecule has 0 saturated heterocycles. The first kappa shape index (κ1) is 20.7. The highest BCUT2D eigenvalue weighted by Crippen LogP contribution is 2.24. The van der Waals surface area contributed by atoms with Crippen molar-refractivity contribution >= 4 is 22.4 Å². The number of hydrogen-bond acceptors (Lipinski definition) is 6. The molecule has 0 spiro atoms. The molecule has 0 aliphatic carbocycles. The summed E-state index contributed by atoms with van der Waals surface area (Å²) in [6, 6.07) is 13.4. The maximum Gasteiger partial charge on any atom is 0.264 e. The first-order valence-corrected chi connectivity index (χ1v) is 9.85. The van der Waals surface area contributed by atoms with Crippen LogP contribution in [-0.4, -0.2) is 22.7 Å². The van der Waals surface area contributed by atoms with Gasteiger partial charge in [0.15, 0.2) is 11.6 Å². The van der Waals surface area contributed by atoms with Crippen LogP contribution in [0.25, 0.3) is 0 Å². The molecule has 0 unspecified atom stereocenters. The Bertz CT molecular complexity index is 951. The Labute approximate surface area is 172 Å². The van der Waals surface area contributed by atoms with E-state index < -0.39 is 0 Å². The van der Waals surface area contributed by atoms with Crippen molar-refractivity contribution in [3.8, 4) is 11.5 Å². The number of rotatable bonds is 7. The van der Waals surface area contributed by atoms with Gasteiger partial charge in [-0.15, -0.1) is 10.2 Å². The molecule has 0 saturated carbocycles. The minimum absolute atomic E-state index is 0.0614. The minimum atomic E-state index is -0.328. The van der Waals surface area contributed by atoms with Crippen LogP contribution in [0.3, 0.4) is 0 Å². The molecular weight excluding hydrogens is 393 g/mol. The van der Waals surface area contributed by atoms with E-state index in [1.54, 1.807) is 0 Å². The number of hydrogen-bond donors (Lipinski definition) is 1. The average molecular weight is 415 g/mol. The number of nitrogens with zero attached hydrogens (tertiary/aromatic N) is 2. The van der Waals surface area contributed by atoms with E-state index in [4.69, 9.17) is 9.47 Å². The topological polar surface area (TPSA) is 73.3 Å². The summed E-state index contributed by atoms with van der Waals surface area (Å²) in [5.41, 5.74) is 1.25. The minimum Gasteiger partial charge on any atom is -0.486 e. The number of amides is 1. The van der Waals surface area contributed by atoms with E-state index in [1.807, 2.05) is 24.3 Å². The third-order valence-corrected chi connectivity index (χ3v) is 4.79. The number of carbonyl (C=O) groups excluding carboxylic acids is 1. The van der Waals surface area contributed by atoms with Gasteiger partial charge in [-0.25, -0.2) is 4.39 Å². The van der Waals surface area contributed by atoms with Crippen LogP contribution >= 0.6 is 11.3 Å². The van der Waals surface area contributed by atoms with Gasteiger partial charge in [-0.2, -0.15) is 0 Å². The number of halogens is 1. The Kier molecular flexibility index (Phi) is 6.43. The van der Waals surface area contributed by atoms with Gasteiger partial charge in [0.1, 0.15) is 23.9 Å². The number of benzene rings is 2. The highest BCUT2D eigenvalue weighted by atomic mass is 32.1. The van der Waals surface area contributed by atoms with Crippen LogP contribution in [0.5, 0.6) is 11.5 Å². The van der Waals surface area contributed by atoms with Crippen LogP contribution in [0.2, 0.25) is 0 Å². The van der Waals surface area contributed by atoms with Gasteiger partial charge in [-0.3, -0.25) is 10.1 Å². The van der Waals surface area contributed by atoms with Crippen LogP contribution < -0.4 is 14.8 Å². The lowest BCUT2D eigenvalue weighted by Gasteiger charge is -2.19. The standard InChI is InChI=1S/C21H22FN3O3S/c1-21(2,3)14-4-8-16(9-5-14)27-12-18(26)23-20-25-24-19(29-20)13-28-17-10-6-15(22)7-11-17/h4-11H,12-13H2,1-3H3,(H,23,25,26). The lowest BCUT2D eigenvalue weighted by Crippen LogP contribution is -2.20. The second-order valence-corrected chi connectivity index (χ2v) is 8.42. The van der Waals surface area contributed by atoms with Gasteiger partial charge in [0.05, 0.1) is 0 Å². The van der Waals surface area contributed by atoms with Gasteiger partial charge >= 0.3 is 0 Å². The van der Waals surface area contributed by atoms with E-state index in [2.05, 4.69) is 36.3 Å². The summed E-state index contributed by atoms with van der Waals surface area (Å²) in [6.07, 6.45) is 0. The normalized spacial score (nSPS) is 11.2. The maximum atomic E-state index is 12.9. The highest BCUT2D eigenvalue weighted by molar-refractivity contribution is 7.15. The number of aromatic nitrogens is 2. The van der Waals surface area contributed by atoms with Crippen molar-refractivity contribution in [3.05, 3.63) is 64.9 Å². The van der Waals surface area contributed by atoms with Gasteiger partial charge in [-0.05, 0) is 47.4 Å². The first-order valence-electron chi connectivity index (χ1n) is 9.03. The predicted octanol–water partition coefficient (Wildman–Crippen LogP) is 4.57. The third-order valence-electron chi connectivity index (χ3n) is 3.98. The van der Waals surface area contributed by atoms with E-state index in [0.29, 0.717) is 21.6 Å². The Morgan fingerprint density at radius 1 is 1.00 bits per heavy atom. The molecule has 1 N–H and O–H groups in total. The van der Waals surface area contributed by atoms with Gasteiger partial charge < -0.3 is 9.47 Å². The first-order chi connectivity index (χ1) is 13.8. The van der Waals surface area contributed by atoms with Crippen molar-refractivity contribution < 1.29 is 18.7 Å². The van der Waals surface area contributed by atoms with Crippen molar-refractivity contribution in [2.75, 3.05) is 11.9 Å². The summed E-state index contributed by atoms with van der Waals surface area (Å²) in [4.78, 5) is 12.1. The van der Waals surface area contributed by atoms with E-state index in [1.165, 1.54) is 41.2 Å². The Hall–Kier alpha value is -3.00. The molecule has 0 radical (unpaired) electrons. The fourth-order valence-electron chi connectivity index (χ4n) is 2.39. The Morgan fingerprint density at radius 2 is 1.62 bits per heavy atom. The molecule has 6 nitrogen and oxygen atoms in total. The lowest BCUT2D eigenvalue weighted by molar-refractivity contribution is -0.118. The SMILES string of the molecule is CC(C)(C)c1ccc(OCC(=O)Nc2nnc(COc3ccc(F)cc3)s2)cc1. The van der Waals surface area contributed by atoms with Gasteiger partial charge in [0, 0.05) is 0 Å². The summed E-state index contributed by atoms with van der Waals surface area (Å²) in [6.45, 7) is 6.46. The molecule has 2 aromatic carbocycles. The summed E-state index contributed by atoms with van der Waals surface area (Å²) in [5, 5.41) is 11.5. The smallest absolute Gasteiger partial charge is 0.264 e. The molecule has 0 fully saturated rings. The van der Waals surface area contributed by atoms with Gasteiger partial charge in [-0.1, -0.05) is 44.2 Å². The highest BCUT2D eigenvalue weighted by Gasteiger charge is 2.14. The number of ether oxygens (including phenoxy) is 2. The zero-order valence-corrected chi connectivity index (χ0v) is 17.3. The van der Waals surface area contributed by atoms with Gasteiger partial charge in [0.25, 0.3) is 5.91 Å². The molecule has 152 valence electrons. The molecule has 0 aliphatic heterocycles. The fraction of sp³-hybridized carbons (Fsp3) is 0.286. The zero-order chi connectivity index (χ0) is 20.9. The van der Waals surface area contributed by atoms with E-state index in [9.17, 15) is 9.18 Å². The number of carbonyl (C=O) groups is 1. The molecule has 1 aromatic heterocycles. The van der Waals surface area contributed by atoms with Crippen LogP contribution in [0.1, 0.15) is 31.3 Å². The van der Waals surface area contributed by atoms with Crippen molar-refractivity contribution in [1.82, 2.24) is 10.2 Å². The summed E-state index contributed by atoms with van der Waals surface area (Å²) < 4.78 is 23.9. The zero-order valence-electron chi connectivity index (χ0n) is 16.4. The lowest BCUT2D eigenvalue weighted by atomic mass is 9.87. The molecule has 1 heterocycles. The van der Waals surface area contributed by atoms with Crippen LogP contribution in [0.4, 0.5) is 9.52 Å². The van der Waals surface area contributed by atoms with E-state index >= 15 is 0 Å². The second-order valence-electron chi connectivity index (χ2n) is 7.35. The Morgan fingerprint density at radius 3 is 2.28 bits per heavy atom. The fourth-order valence-corrected chi connectivity index (χ4v) is 3.06. The van der Waals surface area contributed by atoms with Crippen LogP contribution in [0, 0.1) is 5.82 Å². The quantitative estimate of drug-likeness (QED) is 0.612. The molecule has 0 aliphatic rings. The second kappa shape index (κ2) is 9.00. The third kappa shape index (κ3) is 6.25. The summed E-state index contributed by atoms with van der Waals surface area (Å²) in [7, 11) is 0. The number of nitrogens with one attached hydrogen (secondary N) is 1. The number of anilines is 1. The van der Waals surface area contributed by atoms with E-state index in [0.717, 1.165) is 0 Å². The molecule has 29 heavy (non-hydrogen) atoms. The van der Waals surface area contributed by atoms with Crippen molar-refractivity contribution in [2.24, 2.45) is 0 Å². The predicted molar refractivity (Wildman–Crippen MR) is 110 cm³/mol. The molecule has 8 heteroatoms. The van der Waals surface area contributed by atoms with Crippen molar-refractivity contribution in [2.45, 2.75) is 32.8 Å². The van der Waals surface area contributed by atoms with Crippen molar-refractivity contribution in [1.29, 1.82) is 0 Å². The molecular formula is C21H22FN3O3S. The maximum absolute atomic E-state index is 12.9. The largest absolute Gasteiger partial charge is 0.486 e. The van der Waals surface area contributed by atoms with Crippen LogP contribution in [0.15, 0.2) is 48.5 Å². The monoisotopic (exact) mass is 415 g/mol. The summed E-state index contributed by atoms with van der Waals surface area (Å²) >= 11 is 1.20. The molecule has 3 rings (SSSR count). The van der Waals surface area contributed by atoms with E-state index in [-0.39, 0.29) is 30.4 Å². The summed E-state index contributed by atoms with van der Waals surface area (Å²) in [5.74, 6) is 0.495.